The summed E-state index contributed by atoms with van der Waals surface area (Å²) in [5.41, 5.74) is 13.6. The van der Waals surface area contributed by atoms with E-state index in [-0.39, 0.29) is 12.4 Å². The molecule has 5 N–H and O–H groups in total. The summed E-state index contributed by atoms with van der Waals surface area (Å²) in [6, 6.07) is 2.44. The minimum absolute atomic E-state index is 0.211. The van der Waals surface area contributed by atoms with E-state index in [0.717, 1.165) is 5.56 Å². The Kier molecular flexibility index (Phi) is 5.06. The smallest absolute Gasteiger partial charge is 0.225 e. The van der Waals surface area contributed by atoms with Crippen LogP contribution in [0.1, 0.15) is 16.8 Å². The molecule has 0 saturated carbocycles. The Balaban J connectivity index is 1.67. The van der Waals surface area contributed by atoms with Crippen LogP contribution in [-0.2, 0) is 13.1 Å². The first-order chi connectivity index (χ1) is 12.9. The highest BCUT2D eigenvalue weighted by Crippen LogP contribution is 2.23. The predicted octanol–water partition coefficient (Wildman–Crippen LogP) is 2.09. The van der Waals surface area contributed by atoms with Gasteiger partial charge in [0.15, 0.2) is 23.2 Å². The van der Waals surface area contributed by atoms with Crippen LogP contribution in [-0.4, -0.2) is 26.9 Å². The molecule has 1 aromatic carbocycles. The Morgan fingerprint density at radius 2 is 1.85 bits per heavy atom. The van der Waals surface area contributed by atoms with E-state index in [0.29, 0.717) is 29.4 Å². The van der Waals surface area contributed by atoms with E-state index in [4.69, 9.17) is 11.5 Å². The predicted molar refractivity (Wildman–Crippen MR) is 97.2 cm³/mol. The second-order valence-electron chi connectivity index (χ2n) is 5.92. The SMILES string of the molecule is COc1c(F)cc(Cn2cc(CNc3nc(C)c(N)c(N)n3)cn2)cc1F. The van der Waals surface area contributed by atoms with Crippen LogP contribution in [0.25, 0.3) is 0 Å². The van der Waals surface area contributed by atoms with Crippen LogP contribution in [0, 0.1) is 18.6 Å². The lowest BCUT2D eigenvalue weighted by Crippen LogP contribution is -2.09. The van der Waals surface area contributed by atoms with Crippen molar-refractivity contribution in [3.05, 3.63) is 53.0 Å². The molecule has 3 aromatic rings. The lowest BCUT2D eigenvalue weighted by atomic mass is 10.2. The van der Waals surface area contributed by atoms with Crippen molar-refractivity contribution in [2.45, 2.75) is 20.0 Å². The number of nitrogens with zero attached hydrogens (tertiary/aromatic N) is 4. The quantitative estimate of drug-likeness (QED) is 0.604. The summed E-state index contributed by atoms with van der Waals surface area (Å²) in [4.78, 5) is 8.28. The molecule has 2 heterocycles. The van der Waals surface area contributed by atoms with Crippen LogP contribution in [0.5, 0.6) is 5.75 Å². The Hall–Kier alpha value is -3.43. The Bertz CT molecular complexity index is 928. The fourth-order valence-corrected chi connectivity index (χ4v) is 2.53. The third kappa shape index (κ3) is 4.05. The molecule has 10 heteroatoms. The number of nitrogen functional groups attached to an aromatic ring is 2. The first-order valence-corrected chi connectivity index (χ1v) is 8.04. The monoisotopic (exact) mass is 375 g/mol. The van der Waals surface area contributed by atoms with Gasteiger partial charge in [0.1, 0.15) is 0 Å². The Labute approximate surface area is 154 Å². The number of hydrogen-bond donors (Lipinski definition) is 3. The summed E-state index contributed by atoms with van der Waals surface area (Å²) < 4.78 is 33.8. The maximum absolute atomic E-state index is 13.8. The summed E-state index contributed by atoms with van der Waals surface area (Å²) in [5.74, 6) is -1.34. The third-order valence-corrected chi connectivity index (χ3v) is 3.91. The molecule has 0 saturated heterocycles. The molecule has 0 aliphatic rings. The molecule has 0 amide bonds. The number of anilines is 3. The van der Waals surface area contributed by atoms with Gasteiger partial charge in [0, 0.05) is 18.3 Å². The zero-order chi connectivity index (χ0) is 19.6. The number of aromatic nitrogens is 4. The Morgan fingerprint density at radius 3 is 2.48 bits per heavy atom. The molecule has 0 unspecified atom stereocenters. The molecule has 0 atom stereocenters. The number of methoxy groups -OCH3 is 1. The van der Waals surface area contributed by atoms with Crippen molar-refractivity contribution in [2.75, 3.05) is 23.9 Å². The van der Waals surface area contributed by atoms with Gasteiger partial charge in [-0.3, -0.25) is 4.68 Å². The van der Waals surface area contributed by atoms with Crippen LogP contribution < -0.4 is 21.5 Å². The van der Waals surface area contributed by atoms with Gasteiger partial charge in [0.25, 0.3) is 0 Å². The van der Waals surface area contributed by atoms with E-state index in [9.17, 15) is 8.78 Å². The van der Waals surface area contributed by atoms with Gasteiger partial charge in [-0.15, -0.1) is 0 Å². The zero-order valence-electron chi connectivity index (χ0n) is 14.8. The Morgan fingerprint density at radius 1 is 1.15 bits per heavy atom. The fourth-order valence-electron chi connectivity index (χ4n) is 2.53. The third-order valence-electron chi connectivity index (χ3n) is 3.91. The highest BCUT2D eigenvalue weighted by molar-refractivity contribution is 5.62. The second-order valence-corrected chi connectivity index (χ2v) is 5.92. The summed E-state index contributed by atoms with van der Waals surface area (Å²) in [6.45, 7) is 2.35. The molecule has 2 aromatic heterocycles. The lowest BCUT2D eigenvalue weighted by Gasteiger charge is -2.08. The van der Waals surface area contributed by atoms with Crippen molar-refractivity contribution < 1.29 is 13.5 Å². The van der Waals surface area contributed by atoms with Gasteiger partial charge >= 0.3 is 0 Å². The molecule has 0 fully saturated rings. The minimum Gasteiger partial charge on any atom is -0.491 e. The topological polar surface area (TPSA) is 117 Å². The van der Waals surface area contributed by atoms with Gasteiger partial charge in [-0.25, -0.2) is 13.8 Å². The van der Waals surface area contributed by atoms with E-state index in [1.807, 2.05) is 0 Å². The molecule has 0 bridgehead atoms. The van der Waals surface area contributed by atoms with Gasteiger partial charge in [0.05, 0.1) is 31.2 Å². The van der Waals surface area contributed by atoms with Crippen molar-refractivity contribution in [2.24, 2.45) is 0 Å². The highest BCUT2D eigenvalue weighted by Gasteiger charge is 2.12. The second kappa shape index (κ2) is 7.44. The summed E-state index contributed by atoms with van der Waals surface area (Å²) >= 11 is 0. The lowest BCUT2D eigenvalue weighted by molar-refractivity contribution is 0.359. The average molecular weight is 375 g/mol. The van der Waals surface area contributed by atoms with Crippen molar-refractivity contribution in [3.8, 4) is 5.75 Å². The molecule has 8 nitrogen and oxygen atoms in total. The normalized spacial score (nSPS) is 10.8. The molecule has 0 aliphatic carbocycles. The van der Waals surface area contributed by atoms with Crippen molar-refractivity contribution in [3.63, 3.8) is 0 Å². The van der Waals surface area contributed by atoms with Crippen molar-refractivity contribution in [1.82, 2.24) is 19.7 Å². The van der Waals surface area contributed by atoms with Gasteiger partial charge in [-0.05, 0) is 24.6 Å². The standard InChI is InChI=1S/C17H19F2N7O/c1-9-14(20)16(21)25-17(24-9)22-5-11-6-23-26(8-11)7-10-3-12(18)15(27-2)13(19)4-10/h3-4,6,8H,5,7,20H2,1-2H3,(H3,21,22,24,25). The van der Waals surface area contributed by atoms with E-state index in [2.05, 4.69) is 25.1 Å². The van der Waals surface area contributed by atoms with Crippen LogP contribution in [0.15, 0.2) is 24.5 Å². The zero-order valence-corrected chi connectivity index (χ0v) is 14.8. The maximum atomic E-state index is 13.8. The number of halogens is 2. The molecule has 3 rings (SSSR count). The number of nitrogens with one attached hydrogen (secondary N) is 1. The largest absolute Gasteiger partial charge is 0.491 e. The molecule has 27 heavy (non-hydrogen) atoms. The van der Waals surface area contributed by atoms with E-state index >= 15 is 0 Å². The van der Waals surface area contributed by atoms with Crippen LogP contribution in [0.3, 0.4) is 0 Å². The highest BCUT2D eigenvalue weighted by atomic mass is 19.1. The number of rotatable bonds is 6. The molecular formula is C17H19F2N7O. The van der Waals surface area contributed by atoms with Crippen molar-refractivity contribution in [1.29, 1.82) is 0 Å². The number of hydrogen-bond acceptors (Lipinski definition) is 7. The first-order valence-electron chi connectivity index (χ1n) is 8.04. The molecule has 0 aliphatic heterocycles. The number of nitrogens with two attached hydrogens (primary N) is 2. The minimum atomic E-state index is -0.755. The summed E-state index contributed by atoms with van der Waals surface area (Å²) in [7, 11) is 1.22. The summed E-state index contributed by atoms with van der Waals surface area (Å²) in [6.07, 6.45) is 3.39. The van der Waals surface area contributed by atoms with Crippen LogP contribution in [0.2, 0.25) is 0 Å². The number of aryl methyl sites for hydroxylation is 1. The van der Waals surface area contributed by atoms with Crippen LogP contribution >= 0.6 is 0 Å². The van der Waals surface area contributed by atoms with E-state index in [1.165, 1.54) is 19.2 Å². The number of ether oxygens (including phenoxy) is 1. The van der Waals surface area contributed by atoms with Gasteiger partial charge in [-0.1, -0.05) is 0 Å². The maximum Gasteiger partial charge on any atom is 0.225 e. The van der Waals surface area contributed by atoms with Crippen LogP contribution in [0.4, 0.5) is 26.2 Å². The molecule has 0 radical (unpaired) electrons. The average Bonchev–Trinajstić information content (AvgIpc) is 3.05. The number of benzene rings is 1. The molecule has 142 valence electrons. The fraction of sp³-hybridized carbons (Fsp3) is 0.235. The molecule has 0 spiro atoms. The van der Waals surface area contributed by atoms with E-state index in [1.54, 1.807) is 24.0 Å². The van der Waals surface area contributed by atoms with Gasteiger partial charge in [0.2, 0.25) is 5.95 Å². The first kappa shape index (κ1) is 18.4. The van der Waals surface area contributed by atoms with Gasteiger partial charge in [-0.2, -0.15) is 10.1 Å². The van der Waals surface area contributed by atoms with E-state index < -0.39 is 17.4 Å². The molecular weight excluding hydrogens is 356 g/mol. The van der Waals surface area contributed by atoms with Gasteiger partial charge < -0.3 is 21.5 Å². The van der Waals surface area contributed by atoms with Crippen molar-refractivity contribution >= 4 is 17.5 Å². The summed E-state index contributed by atoms with van der Waals surface area (Å²) in [5, 5.41) is 7.22.